The lowest BCUT2D eigenvalue weighted by molar-refractivity contribution is 0.102. The largest absolute Gasteiger partial charge is 0.383 e. The molecular weight excluding hydrogens is 448 g/mol. The van der Waals surface area contributed by atoms with E-state index in [2.05, 4.69) is 36.4 Å². The van der Waals surface area contributed by atoms with Crippen LogP contribution >= 0.6 is 0 Å². The summed E-state index contributed by atoms with van der Waals surface area (Å²) < 4.78 is 1.49. The average molecular weight is 477 g/mol. The number of nitrogens with zero attached hydrogens (tertiary/aromatic N) is 4. The smallest absolute Gasteiger partial charge is 0.261 e. The second-order valence-electron chi connectivity index (χ2n) is 9.30. The third-order valence-electron chi connectivity index (χ3n) is 6.27. The monoisotopic (exact) mass is 476 g/mol. The molecule has 3 aromatic carbocycles. The Hall–Kier alpha value is -4.52. The first-order valence-corrected chi connectivity index (χ1v) is 11.9. The maximum absolute atomic E-state index is 13.5. The first kappa shape index (κ1) is 23.2. The quantitative estimate of drug-likeness (QED) is 0.302. The molecular formula is C29H28N6O. The number of hydrogen-bond acceptors (Lipinski definition) is 5. The molecule has 2 heterocycles. The van der Waals surface area contributed by atoms with Crippen LogP contribution in [0.15, 0.2) is 71.8 Å². The fraction of sp³-hybridized carbons (Fsp3) is 0.172. The normalized spacial score (nSPS) is 11.7. The Morgan fingerprint density at radius 1 is 1.00 bits per heavy atom. The fourth-order valence-electron chi connectivity index (χ4n) is 4.13. The minimum absolute atomic E-state index is 0.179. The third kappa shape index (κ3) is 4.31. The number of aromatic nitrogens is 3. The van der Waals surface area contributed by atoms with Crippen LogP contribution in [0.5, 0.6) is 0 Å². The van der Waals surface area contributed by atoms with Crippen LogP contribution < -0.4 is 11.1 Å². The summed E-state index contributed by atoms with van der Waals surface area (Å²) in [6.07, 6.45) is 1.71. The SMILES string of the molecule is Cc1ccc(C)c(NC(=O)c2c(N)n(/N=C/c3ccc(C(C)C)cc3)c3nc4ccccc4nc23)c1. The number of para-hydroxylation sites is 2. The van der Waals surface area contributed by atoms with E-state index >= 15 is 0 Å². The van der Waals surface area contributed by atoms with Crippen molar-refractivity contribution in [2.24, 2.45) is 5.10 Å². The maximum atomic E-state index is 13.5. The molecule has 0 bridgehead atoms. The number of carbonyl (C=O) groups excluding carboxylic acids is 1. The number of rotatable bonds is 5. The van der Waals surface area contributed by atoms with Crippen molar-refractivity contribution in [3.63, 3.8) is 0 Å². The topological polar surface area (TPSA) is 98.2 Å². The highest BCUT2D eigenvalue weighted by Gasteiger charge is 2.24. The van der Waals surface area contributed by atoms with Gasteiger partial charge in [0.25, 0.3) is 5.91 Å². The fourth-order valence-corrected chi connectivity index (χ4v) is 4.13. The zero-order valence-corrected chi connectivity index (χ0v) is 20.8. The summed E-state index contributed by atoms with van der Waals surface area (Å²) in [7, 11) is 0. The molecule has 5 rings (SSSR count). The van der Waals surface area contributed by atoms with Gasteiger partial charge >= 0.3 is 0 Å². The molecule has 0 spiro atoms. The van der Waals surface area contributed by atoms with Gasteiger partial charge in [-0.15, -0.1) is 0 Å². The van der Waals surface area contributed by atoms with Crippen molar-refractivity contribution >= 4 is 45.8 Å². The van der Waals surface area contributed by atoms with E-state index in [1.165, 1.54) is 10.2 Å². The van der Waals surface area contributed by atoms with E-state index in [0.29, 0.717) is 28.1 Å². The van der Waals surface area contributed by atoms with E-state index in [1.54, 1.807) is 6.21 Å². The first-order valence-electron chi connectivity index (χ1n) is 11.9. The Kier molecular flexibility index (Phi) is 5.98. The lowest BCUT2D eigenvalue weighted by atomic mass is 10.0. The maximum Gasteiger partial charge on any atom is 0.261 e. The van der Waals surface area contributed by atoms with Crippen molar-refractivity contribution in [3.05, 3.63) is 94.5 Å². The van der Waals surface area contributed by atoms with Gasteiger partial charge in [0.1, 0.15) is 16.9 Å². The van der Waals surface area contributed by atoms with Crippen molar-refractivity contribution in [2.45, 2.75) is 33.6 Å². The van der Waals surface area contributed by atoms with Crippen molar-refractivity contribution in [2.75, 3.05) is 11.1 Å². The van der Waals surface area contributed by atoms with Crippen LogP contribution in [0.2, 0.25) is 0 Å². The van der Waals surface area contributed by atoms with Crippen LogP contribution in [-0.2, 0) is 0 Å². The molecule has 0 aliphatic rings. The number of fused-ring (bicyclic) bond motifs is 2. The summed E-state index contributed by atoms with van der Waals surface area (Å²) in [5.74, 6) is 0.269. The molecule has 0 radical (unpaired) electrons. The number of benzene rings is 3. The Morgan fingerprint density at radius 2 is 1.69 bits per heavy atom. The first-order chi connectivity index (χ1) is 17.3. The van der Waals surface area contributed by atoms with Crippen molar-refractivity contribution < 1.29 is 4.79 Å². The van der Waals surface area contributed by atoms with Crippen molar-refractivity contribution in [1.82, 2.24) is 14.6 Å². The zero-order valence-electron chi connectivity index (χ0n) is 20.8. The molecule has 0 unspecified atom stereocenters. The van der Waals surface area contributed by atoms with E-state index in [9.17, 15) is 4.79 Å². The van der Waals surface area contributed by atoms with Gasteiger partial charge in [-0.2, -0.15) is 9.78 Å². The van der Waals surface area contributed by atoms with Crippen LogP contribution in [0, 0.1) is 13.8 Å². The summed E-state index contributed by atoms with van der Waals surface area (Å²) in [6.45, 7) is 8.24. The molecule has 180 valence electrons. The number of carbonyl (C=O) groups is 1. The number of hydrogen-bond donors (Lipinski definition) is 2. The van der Waals surface area contributed by atoms with Crippen LogP contribution in [0.4, 0.5) is 11.5 Å². The van der Waals surface area contributed by atoms with Crippen LogP contribution in [0.3, 0.4) is 0 Å². The molecule has 1 amide bonds. The molecule has 0 aliphatic heterocycles. The molecule has 0 fully saturated rings. The van der Waals surface area contributed by atoms with Gasteiger partial charge in [-0.3, -0.25) is 4.79 Å². The lowest BCUT2D eigenvalue weighted by Gasteiger charge is -2.09. The Morgan fingerprint density at radius 3 is 2.39 bits per heavy atom. The van der Waals surface area contributed by atoms with E-state index in [0.717, 1.165) is 22.4 Å². The molecule has 3 N–H and O–H groups in total. The summed E-state index contributed by atoms with van der Waals surface area (Å²) in [5, 5.41) is 7.61. The van der Waals surface area contributed by atoms with E-state index < -0.39 is 0 Å². The lowest BCUT2D eigenvalue weighted by Crippen LogP contribution is -2.15. The highest BCUT2D eigenvalue weighted by atomic mass is 16.1. The Labute approximate surface area is 209 Å². The summed E-state index contributed by atoms with van der Waals surface area (Å²) in [4.78, 5) is 23.0. The predicted octanol–water partition coefficient (Wildman–Crippen LogP) is 6.04. The number of nitrogens with one attached hydrogen (secondary N) is 1. The van der Waals surface area contributed by atoms with Crippen molar-refractivity contribution in [1.29, 1.82) is 0 Å². The van der Waals surface area contributed by atoms with Gasteiger partial charge in [-0.25, -0.2) is 9.97 Å². The highest BCUT2D eigenvalue weighted by molar-refractivity contribution is 6.16. The second kappa shape index (κ2) is 9.26. The number of amides is 1. The van der Waals surface area contributed by atoms with Gasteiger partial charge in [-0.05, 0) is 60.2 Å². The van der Waals surface area contributed by atoms with Gasteiger partial charge < -0.3 is 11.1 Å². The second-order valence-corrected chi connectivity index (χ2v) is 9.30. The van der Waals surface area contributed by atoms with E-state index in [4.69, 9.17) is 15.7 Å². The number of nitrogen functional groups attached to an aromatic ring is 1. The third-order valence-corrected chi connectivity index (χ3v) is 6.27. The van der Waals surface area contributed by atoms with E-state index in [1.807, 2.05) is 68.4 Å². The molecule has 7 nitrogen and oxygen atoms in total. The van der Waals surface area contributed by atoms with Crippen LogP contribution in [0.1, 0.15) is 52.4 Å². The van der Waals surface area contributed by atoms with Gasteiger partial charge in [0, 0.05) is 5.69 Å². The van der Waals surface area contributed by atoms with Gasteiger partial charge in [0.05, 0.1) is 17.2 Å². The Balaban J connectivity index is 1.63. The molecule has 0 saturated carbocycles. The van der Waals surface area contributed by atoms with Crippen LogP contribution in [0.25, 0.3) is 22.2 Å². The standard InChI is InChI=1S/C29H28N6O/c1-17(2)21-13-11-20(12-14-21)16-31-35-27(30)25(29(36)34-24-15-18(3)9-10-19(24)4)26-28(35)33-23-8-6-5-7-22(23)32-26/h5-17H,30H2,1-4H3,(H,34,36)/b31-16+. The minimum Gasteiger partial charge on any atom is -0.383 e. The number of nitrogens with two attached hydrogens (primary N) is 1. The molecule has 2 aromatic heterocycles. The molecule has 0 saturated heterocycles. The summed E-state index contributed by atoms with van der Waals surface area (Å²) >= 11 is 0. The minimum atomic E-state index is -0.356. The molecule has 36 heavy (non-hydrogen) atoms. The van der Waals surface area contributed by atoms with Gasteiger partial charge in [-0.1, -0.05) is 62.4 Å². The summed E-state index contributed by atoms with van der Waals surface area (Å²) in [6, 6.07) is 21.6. The Bertz CT molecular complexity index is 1630. The van der Waals surface area contributed by atoms with Crippen molar-refractivity contribution in [3.8, 4) is 0 Å². The van der Waals surface area contributed by atoms with E-state index in [-0.39, 0.29) is 17.3 Å². The molecule has 7 heteroatoms. The van der Waals surface area contributed by atoms with Gasteiger partial charge in [0.2, 0.25) is 0 Å². The number of aryl methyl sites for hydroxylation is 2. The van der Waals surface area contributed by atoms with Crippen LogP contribution in [-0.4, -0.2) is 26.8 Å². The highest BCUT2D eigenvalue weighted by Crippen LogP contribution is 2.29. The average Bonchev–Trinajstić information content (AvgIpc) is 3.13. The molecule has 0 aliphatic carbocycles. The summed E-state index contributed by atoms with van der Waals surface area (Å²) in [5.41, 5.74) is 13.9. The zero-order chi connectivity index (χ0) is 25.4. The molecule has 0 atom stereocenters. The predicted molar refractivity (Wildman–Crippen MR) is 147 cm³/mol. The molecule has 5 aromatic rings. The van der Waals surface area contributed by atoms with Gasteiger partial charge in [0.15, 0.2) is 5.65 Å². The number of anilines is 2.